The summed E-state index contributed by atoms with van der Waals surface area (Å²) >= 11 is 0. The lowest BCUT2D eigenvalue weighted by Crippen LogP contribution is -2.30. The van der Waals surface area contributed by atoms with E-state index in [0.717, 1.165) is 22.4 Å². The zero-order valence-corrected chi connectivity index (χ0v) is 22.8. The van der Waals surface area contributed by atoms with Crippen molar-refractivity contribution >= 4 is 15.8 Å². The Morgan fingerprint density at radius 2 is 1.90 bits per heavy atom. The van der Waals surface area contributed by atoms with Crippen LogP contribution in [0.2, 0.25) is 0 Å². The minimum absolute atomic E-state index is 0.128. The zero-order chi connectivity index (χ0) is 27.7. The predicted molar refractivity (Wildman–Crippen MR) is 145 cm³/mol. The van der Waals surface area contributed by atoms with E-state index in [1.807, 2.05) is 37.3 Å². The maximum absolute atomic E-state index is 14.9. The Balaban J connectivity index is 1.27. The summed E-state index contributed by atoms with van der Waals surface area (Å²) in [7, 11) is -2.96. The normalized spacial score (nSPS) is 21.2. The summed E-state index contributed by atoms with van der Waals surface area (Å²) in [4.78, 5) is 15.7. The smallest absolute Gasteiger partial charge is 0.306 e. The highest BCUT2D eigenvalue weighted by Gasteiger charge is 2.42. The van der Waals surface area contributed by atoms with Gasteiger partial charge in [-0.2, -0.15) is 0 Å². The second-order valence-electron chi connectivity index (χ2n) is 10.5. The number of carbonyl (C=O) groups is 1. The van der Waals surface area contributed by atoms with E-state index in [-0.39, 0.29) is 35.3 Å². The highest BCUT2D eigenvalue weighted by atomic mass is 32.2. The van der Waals surface area contributed by atoms with E-state index in [4.69, 9.17) is 14.6 Å². The van der Waals surface area contributed by atoms with Crippen LogP contribution in [0, 0.1) is 24.6 Å². The first kappa shape index (κ1) is 27.1. The SMILES string of the molecule is Cc1nc(OC2CCS(=O)(=O)CC2)ccc1-c1ccc(F)c(C(C)Oc2cccc(C[C@@H]3CC3C(=O)O)c2)c1. The van der Waals surface area contributed by atoms with Gasteiger partial charge in [0.25, 0.3) is 0 Å². The van der Waals surface area contributed by atoms with E-state index in [9.17, 15) is 17.6 Å². The van der Waals surface area contributed by atoms with Crippen LogP contribution in [0.5, 0.6) is 11.6 Å². The molecular formula is C30H32FNO6S. The van der Waals surface area contributed by atoms with Crippen molar-refractivity contribution in [2.75, 3.05) is 11.5 Å². The van der Waals surface area contributed by atoms with Gasteiger partial charge in [0.1, 0.15) is 23.8 Å². The molecule has 1 saturated heterocycles. The van der Waals surface area contributed by atoms with Crippen molar-refractivity contribution in [1.29, 1.82) is 0 Å². The lowest BCUT2D eigenvalue weighted by Gasteiger charge is -2.23. The molecule has 39 heavy (non-hydrogen) atoms. The van der Waals surface area contributed by atoms with E-state index in [1.165, 1.54) is 6.07 Å². The number of carboxylic acids is 1. The molecule has 1 aromatic heterocycles. The van der Waals surface area contributed by atoms with Crippen molar-refractivity contribution in [2.45, 2.75) is 51.7 Å². The average Bonchev–Trinajstić information content (AvgIpc) is 3.66. The standard InChI is InChI=1S/C30H32FNO6S/c1-18-25(7-9-29(32-18)38-23-10-12-39(35,36)13-11-23)21-6-8-28(31)26(16-21)19(2)37-24-5-3-4-20(15-24)14-22-17-27(22)30(33)34/h3-9,15-16,19,22-23,27H,10-14,17H2,1-2H3,(H,33,34)/t19?,22-,27?/m1/s1. The number of sulfone groups is 1. The van der Waals surface area contributed by atoms with E-state index in [2.05, 4.69) is 4.98 Å². The number of halogens is 1. The van der Waals surface area contributed by atoms with Gasteiger partial charge in [0.05, 0.1) is 17.4 Å². The highest BCUT2D eigenvalue weighted by molar-refractivity contribution is 7.91. The third-order valence-electron chi connectivity index (χ3n) is 7.54. The fourth-order valence-electron chi connectivity index (χ4n) is 5.18. The molecule has 1 saturated carbocycles. The molecular weight excluding hydrogens is 521 g/mol. The Bertz CT molecular complexity index is 1480. The monoisotopic (exact) mass is 553 g/mol. The molecule has 2 aliphatic rings. The molecule has 1 N–H and O–H groups in total. The lowest BCUT2D eigenvalue weighted by molar-refractivity contribution is -0.138. The van der Waals surface area contributed by atoms with Crippen LogP contribution in [-0.2, 0) is 21.1 Å². The van der Waals surface area contributed by atoms with Crippen LogP contribution in [0.4, 0.5) is 4.39 Å². The van der Waals surface area contributed by atoms with Crippen molar-refractivity contribution in [3.63, 3.8) is 0 Å². The van der Waals surface area contributed by atoms with Crippen LogP contribution in [-0.4, -0.2) is 42.1 Å². The number of pyridine rings is 1. The summed E-state index contributed by atoms with van der Waals surface area (Å²) in [6.07, 6.45) is 1.54. The molecule has 7 nitrogen and oxygen atoms in total. The molecule has 3 aromatic rings. The number of benzene rings is 2. The van der Waals surface area contributed by atoms with Gasteiger partial charge in [0.2, 0.25) is 5.88 Å². The van der Waals surface area contributed by atoms with Crippen LogP contribution < -0.4 is 9.47 Å². The van der Waals surface area contributed by atoms with Crippen LogP contribution >= 0.6 is 0 Å². The molecule has 9 heteroatoms. The number of aryl methyl sites for hydroxylation is 1. The largest absolute Gasteiger partial charge is 0.486 e. The first-order chi connectivity index (χ1) is 18.6. The molecule has 206 valence electrons. The topological polar surface area (TPSA) is 103 Å². The molecule has 1 aliphatic carbocycles. The number of rotatable bonds is 9. The Hall–Kier alpha value is -3.46. The van der Waals surface area contributed by atoms with Crippen molar-refractivity contribution in [3.8, 4) is 22.8 Å². The van der Waals surface area contributed by atoms with Crippen LogP contribution in [0.25, 0.3) is 11.1 Å². The van der Waals surface area contributed by atoms with Gasteiger partial charge >= 0.3 is 5.97 Å². The minimum atomic E-state index is -2.96. The fourth-order valence-corrected chi connectivity index (χ4v) is 6.63. The van der Waals surface area contributed by atoms with Crippen molar-refractivity contribution < 1.29 is 32.2 Å². The summed E-state index contributed by atoms with van der Waals surface area (Å²) in [5.41, 5.74) is 3.76. The first-order valence-corrected chi connectivity index (χ1v) is 15.0. The van der Waals surface area contributed by atoms with Crippen molar-refractivity contribution in [1.82, 2.24) is 4.98 Å². The summed E-state index contributed by atoms with van der Waals surface area (Å²) in [5.74, 6) is 0.0692. The van der Waals surface area contributed by atoms with E-state index in [1.54, 1.807) is 25.1 Å². The average molecular weight is 554 g/mol. The summed E-state index contributed by atoms with van der Waals surface area (Å²) in [6.45, 7) is 3.65. The molecule has 0 amide bonds. The van der Waals surface area contributed by atoms with Crippen molar-refractivity contribution in [3.05, 3.63) is 77.2 Å². The number of nitrogens with zero attached hydrogens (tertiary/aromatic N) is 1. The molecule has 2 fully saturated rings. The molecule has 1 aliphatic heterocycles. The first-order valence-electron chi connectivity index (χ1n) is 13.2. The quantitative estimate of drug-likeness (QED) is 0.370. The van der Waals surface area contributed by atoms with Gasteiger partial charge in [-0.3, -0.25) is 4.79 Å². The van der Waals surface area contributed by atoms with Gasteiger partial charge in [0.15, 0.2) is 9.84 Å². The fraction of sp³-hybridized carbons (Fsp3) is 0.400. The maximum Gasteiger partial charge on any atom is 0.306 e. The molecule has 2 heterocycles. The van der Waals surface area contributed by atoms with Gasteiger partial charge < -0.3 is 14.6 Å². The third-order valence-corrected chi connectivity index (χ3v) is 9.26. The number of ether oxygens (including phenoxy) is 2. The highest BCUT2D eigenvalue weighted by Crippen LogP contribution is 2.41. The van der Waals surface area contributed by atoms with Crippen molar-refractivity contribution in [2.24, 2.45) is 11.8 Å². The number of aliphatic carboxylic acids is 1. The van der Waals surface area contributed by atoms with Crippen LogP contribution in [0.15, 0.2) is 54.6 Å². The summed E-state index contributed by atoms with van der Waals surface area (Å²) in [5, 5.41) is 9.16. The Kier molecular flexibility index (Phi) is 7.62. The van der Waals surface area contributed by atoms with Gasteiger partial charge in [-0.05, 0) is 86.9 Å². The predicted octanol–water partition coefficient (Wildman–Crippen LogP) is 5.56. The Labute approximate surface area is 227 Å². The minimum Gasteiger partial charge on any atom is -0.486 e. The molecule has 2 unspecified atom stereocenters. The number of aromatic nitrogens is 1. The molecule has 0 radical (unpaired) electrons. The number of carboxylic acid groups (broad SMARTS) is 1. The third kappa shape index (κ3) is 6.58. The Morgan fingerprint density at radius 3 is 2.59 bits per heavy atom. The van der Waals surface area contributed by atoms with Crippen LogP contribution in [0.1, 0.15) is 49.1 Å². The summed E-state index contributed by atoms with van der Waals surface area (Å²) in [6, 6.07) is 16.1. The van der Waals surface area contributed by atoms with Gasteiger partial charge in [-0.25, -0.2) is 17.8 Å². The maximum atomic E-state index is 14.9. The molecule has 0 spiro atoms. The van der Waals surface area contributed by atoms with Gasteiger partial charge in [-0.1, -0.05) is 18.2 Å². The number of hydrogen-bond acceptors (Lipinski definition) is 6. The molecule has 5 rings (SSSR count). The van der Waals surface area contributed by atoms with E-state index >= 15 is 0 Å². The molecule has 2 aromatic carbocycles. The van der Waals surface area contributed by atoms with E-state index in [0.29, 0.717) is 42.9 Å². The zero-order valence-electron chi connectivity index (χ0n) is 22.0. The lowest BCUT2D eigenvalue weighted by atomic mass is 9.99. The van der Waals surface area contributed by atoms with Gasteiger partial charge in [-0.15, -0.1) is 0 Å². The van der Waals surface area contributed by atoms with Gasteiger partial charge in [0, 0.05) is 22.9 Å². The molecule has 3 atom stereocenters. The number of hydrogen-bond donors (Lipinski definition) is 1. The Morgan fingerprint density at radius 1 is 1.13 bits per heavy atom. The van der Waals surface area contributed by atoms with E-state index < -0.39 is 21.9 Å². The van der Waals surface area contributed by atoms with Crippen LogP contribution in [0.3, 0.4) is 0 Å². The second kappa shape index (κ2) is 11.0. The second-order valence-corrected chi connectivity index (χ2v) is 12.8. The summed E-state index contributed by atoms with van der Waals surface area (Å²) < 4.78 is 50.3. The molecule has 0 bridgehead atoms.